The van der Waals surface area contributed by atoms with E-state index < -0.39 is 0 Å². The number of carbonyl (C=O) groups is 1. The molecule has 0 unspecified atom stereocenters. The van der Waals surface area contributed by atoms with Crippen molar-refractivity contribution in [2.45, 2.75) is 32.4 Å². The summed E-state index contributed by atoms with van der Waals surface area (Å²) in [5.74, 6) is 0. The van der Waals surface area contributed by atoms with Gasteiger partial charge in [-0.2, -0.15) is 0 Å². The molecule has 1 aliphatic rings. The average Bonchev–Trinajstić information content (AvgIpc) is 2.82. The molecule has 2 amide bonds. The van der Waals surface area contributed by atoms with Gasteiger partial charge in [-0.3, -0.25) is 0 Å². The third-order valence-corrected chi connectivity index (χ3v) is 4.29. The summed E-state index contributed by atoms with van der Waals surface area (Å²) in [6.45, 7) is 4.60. The van der Waals surface area contributed by atoms with Crippen molar-refractivity contribution in [3.05, 3.63) is 16.1 Å². The normalized spacial score (nSPS) is 16.7. The third-order valence-electron chi connectivity index (χ3n) is 3.38. The molecule has 0 aromatic carbocycles. The lowest BCUT2D eigenvalue weighted by Crippen LogP contribution is -2.47. The van der Waals surface area contributed by atoms with Gasteiger partial charge in [0.15, 0.2) is 0 Å². The summed E-state index contributed by atoms with van der Waals surface area (Å²) in [4.78, 5) is 20.9. The molecule has 0 spiro atoms. The van der Waals surface area contributed by atoms with E-state index in [-0.39, 0.29) is 6.03 Å². The number of aryl methyl sites for hydroxylation is 1. The number of piperidine rings is 1. The lowest BCUT2D eigenvalue weighted by Gasteiger charge is -2.34. The van der Waals surface area contributed by atoms with E-state index in [2.05, 4.69) is 10.3 Å². The van der Waals surface area contributed by atoms with Crippen molar-refractivity contribution in [3.63, 3.8) is 0 Å². The van der Waals surface area contributed by atoms with Crippen LogP contribution < -0.4 is 5.32 Å². The Morgan fingerprint density at radius 1 is 1.53 bits per heavy atom. The molecule has 0 atom stereocenters. The van der Waals surface area contributed by atoms with E-state index in [1.54, 1.807) is 30.3 Å². The predicted molar refractivity (Wildman–Crippen MR) is 77.4 cm³/mol. The van der Waals surface area contributed by atoms with Crippen LogP contribution in [0.3, 0.4) is 0 Å². The summed E-state index contributed by atoms with van der Waals surface area (Å²) in [7, 11) is 3.61. The molecular formula is C13H22N4OS. The highest BCUT2D eigenvalue weighted by Gasteiger charge is 2.23. The molecule has 1 saturated heterocycles. The number of hydrogen-bond acceptors (Lipinski definition) is 4. The van der Waals surface area contributed by atoms with Gasteiger partial charge in [-0.1, -0.05) is 0 Å². The van der Waals surface area contributed by atoms with Crippen molar-refractivity contribution in [1.82, 2.24) is 20.1 Å². The Bertz CT molecular complexity index is 424. The Hall–Kier alpha value is -1.14. The van der Waals surface area contributed by atoms with Crippen LogP contribution in [0.25, 0.3) is 0 Å². The fourth-order valence-electron chi connectivity index (χ4n) is 2.29. The van der Waals surface area contributed by atoms with Crippen LogP contribution in [0.5, 0.6) is 0 Å². The molecule has 106 valence electrons. The Morgan fingerprint density at radius 2 is 2.21 bits per heavy atom. The predicted octanol–water partition coefficient (Wildman–Crippen LogP) is 1.69. The summed E-state index contributed by atoms with van der Waals surface area (Å²) < 4.78 is 0. The minimum atomic E-state index is 0.122. The lowest BCUT2D eigenvalue weighted by atomic mass is 10.1. The number of thiazole rings is 1. The molecule has 1 fully saturated rings. The first-order chi connectivity index (χ1) is 9.06. The highest BCUT2D eigenvalue weighted by atomic mass is 32.1. The van der Waals surface area contributed by atoms with Crippen LogP contribution in [-0.4, -0.2) is 54.0 Å². The zero-order valence-corrected chi connectivity index (χ0v) is 12.7. The molecule has 0 aliphatic carbocycles. The maximum atomic E-state index is 11.8. The van der Waals surface area contributed by atoms with Gasteiger partial charge in [-0.05, 0) is 19.8 Å². The average molecular weight is 282 g/mol. The fourth-order valence-corrected chi connectivity index (χ4v) is 3.04. The van der Waals surface area contributed by atoms with Crippen molar-refractivity contribution in [1.29, 1.82) is 0 Å². The topological polar surface area (TPSA) is 48.5 Å². The zero-order chi connectivity index (χ0) is 13.8. The van der Waals surface area contributed by atoms with Crippen LogP contribution in [0.15, 0.2) is 6.20 Å². The van der Waals surface area contributed by atoms with E-state index in [1.165, 1.54) is 4.88 Å². The summed E-state index contributed by atoms with van der Waals surface area (Å²) >= 11 is 1.74. The number of urea groups is 1. The molecule has 6 heteroatoms. The molecule has 2 rings (SSSR count). The van der Waals surface area contributed by atoms with Gasteiger partial charge >= 0.3 is 6.03 Å². The van der Waals surface area contributed by atoms with Crippen molar-refractivity contribution >= 4 is 17.4 Å². The Morgan fingerprint density at radius 3 is 2.74 bits per heavy atom. The van der Waals surface area contributed by atoms with Gasteiger partial charge in [0, 0.05) is 50.8 Å². The first kappa shape index (κ1) is 14.3. The second-order valence-corrected chi connectivity index (χ2v) is 6.48. The van der Waals surface area contributed by atoms with E-state index in [9.17, 15) is 4.79 Å². The number of rotatable bonds is 3. The first-order valence-corrected chi connectivity index (χ1v) is 7.49. The van der Waals surface area contributed by atoms with E-state index in [0.717, 1.165) is 37.5 Å². The summed E-state index contributed by atoms with van der Waals surface area (Å²) in [5.41, 5.74) is 0. The Labute approximate surface area is 118 Å². The SMILES string of the molecule is Cc1ncc(CNC2CCN(C(=O)N(C)C)CC2)s1. The van der Waals surface area contributed by atoms with Gasteiger partial charge in [0.25, 0.3) is 0 Å². The molecule has 0 bridgehead atoms. The highest BCUT2D eigenvalue weighted by Crippen LogP contribution is 2.15. The third kappa shape index (κ3) is 3.91. The lowest BCUT2D eigenvalue weighted by molar-refractivity contribution is 0.152. The molecular weight excluding hydrogens is 260 g/mol. The summed E-state index contributed by atoms with van der Waals surface area (Å²) in [5, 5.41) is 4.67. The van der Waals surface area contributed by atoms with Gasteiger partial charge < -0.3 is 15.1 Å². The molecule has 0 saturated carbocycles. The van der Waals surface area contributed by atoms with Crippen molar-refractivity contribution in [2.75, 3.05) is 27.2 Å². The molecule has 1 aliphatic heterocycles. The Balaban J connectivity index is 1.73. The Kier molecular flexibility index (Phi) is 4.76. The van der Waals surface area contributed by atoms with Crippen molar-refractivity contribution < 1.29 is 4.79 Å². The van der Waals surface area contributed by atoms with Gasteiger partial charge in [0.2, 0.25) is 0 Å². The van der Waals surface area contributed by atoms with E-state index in [1.807, 2.05) is 18.0 Å². The van der Waals surface area contributed by atoms with Crippen LogP contribution in [0.1, 0.15) is 22.7 Å². The second-order valence-electron chi connectivity index (χ2n) is 5.16. The number of aromatic nitrogens is 1. The van der Waals surface area contributed by atoms with Crippen LogP contribution in [-0.2, 0) is 6.54 Å². The van der Waals surface area contributed by atoms with E-state index >= 15 is 0 Å². The molecule has 0 radical (unpaired) electrons. The number of amides is 2. The van der Waals surface area contributed by atoms with Gasteiger partial charge in [0.05, 0.1) is 5.01 Å². The van der Waals surface area contributed by atoms with Gasteiger partial charge in [-0.15, -0.1) is 11.3 Å². The maximum Gasteiger partial charge on any atom is 0.319 e. The van der Waals surface area contributed by atoms with Gasteiger partial charge in [-0.25, -0.2) is 9.78 Å². The van der Waals surface area contributed by atoms with Crippen LogP contribution in [0.4, 0.5) is 4.79 Å². The van der Waals surface area contributed by atoms with Crippen LogP contribution >= 0.6 is 11.3 Å². The van der Waals surface area contributed by atoms with E-state index in [4.69, 9.17) is 0 Å². The monoisotopic (exact) mass is 282 g/mol. The first-order valence-electron chi connectivity index (χ1n) is 6.67. The number of likely N-dealkylation sites (tertiary alicyclic amines) is 1. The molecule has 2 heterocycles. The molecule has 1 aromatic rings. The second kappa shape index (κ2) is 6.34. The highest BCUT2D eigenvalue weighted by molar-refractivity contribution is 7.11. The fraction of sp³-hybridized carbons (Fsp3) is 0.692. The molecule has 5 nitrogen and oxygen atoms in total. The number of carbonyl (C=O) groups excluding carboxylic acids is 1. The number of nitrogens with one attached hydrogen (secondary N) is 1. The van der Waals surface area contributed by atoms with Crippen molar-refractivity contribution in [2.24, 2.45) is 0 Å². The molecule has 1 N–H and O–H groups in total. The summed E-state index contributed by atoms with van der Waals surface area (Å²) in [6.07, 6.45) is 3.99. The van der Waals surface area contributed by atoms with Crippen LogP contribution in [0.2, 0.25) is 0 Å². The zero-order valence-electron chi connectivity index (χ0n) is 11.8. The van der Waals surface area contributed by atoms with E-state index in [0.29, 0.717) is 6.04 Å². The van der Waals surface area contributed by atoms with Crippen LogP contribution in [0, 0.1) is 6.92 Å². The molecule has 19 heavy (non-hydrogen) atoms. The quantitative estimate of drug-likeness (QED) is 0.918. The number of hydrogen-bond donors (Lipinski definition) is 1. The van der Waals surface area contributed by atoms with Crippen molar-refractivity contribution in [3.8, 4) is 0 Å². The number of nitrogens with zero attached hydrogens (tertiary/aromatic N) is 3. The van der Waals surface area contributed by atoms with Gasteiger partial charge in [0.1, 0.15) is 0 Å². The summed E-state index contributed by atoms with van der Waals surface area (Å²) in [6, 6.07) is 0.630. The largest absolute Gasteiger partial charge is 0.331 e. The standard InChI is InChI=1S/C13H22N4OS/c1-10-14-8-12(19-10)9-15-11-4-6-17(7-5-11)13(18)16(2)3/h8,11,15H,4-7,9H2,1-3H3. The maximum absolute atomic E-state index is 11.8. The molecule has 1 aromatic heterocycles. The smallest absolute Gasteiger partial charge is 0.319 e. The minimum absolute atomic E-state index is 0.122. The minimum Gasteiger partial charge on any atom is -0.331 e.